The normalized spacial score (nSPS) is 21.1. The van der Waals surface area contributed by atoms with E-state index in [9.17, 15) is 9.59 Å². The van der Waals surface area contributed by atoms with E-state index in [0.29, 0.717) is 27.1 Å². The van der Waals surface area contributed by atoms with Crippen LogP contribution >= 0.6 is 46.6 Å². The lowest BCUT2D eigenvalue weighted by Crippen LogP contribution is -2.50. The topological polar surface area (TPSA) is 62.6 Å². The van der Waals surface area contributed by atoms with E-state index in [1.54, 1.807) is 17.0 Å². The molecule has 4 rings (SSSR count). The zero-order valence-electron chi connectivity index (χ0n) is 15.4. The van der Waals surface area contributed by atoms with Crippen molar-refractivity contribution in [2.45, 2.75) is 29.5 Å². The smallest absolute Gasteiger partial charge is 0.244 e. The first-order valence-electron chi connectivity index (χ1n) is 9.27. The Kier molecular flexibility index (Phi) is 6.19. The fraction of sp³-hybridized carbons (Fsp3) is 0.400. The Morgan fingerprint density at radius 2 is 2.00 bits per heavy atom. The van der Waals surface area contributed by atoms with E-state index in [1.807, 2.05) is 18.2 Å². The number of halogens is 3. The van der Waals surface area contributed by atoms with Crippen LogP contribution in [0.1, 0.15) is 18.6 Å². The summed E-state index contributed by atoms with van der Waals surface area (Å²) >= 11 is 19.6. The second kappa shape index (κ2) is 8.52. The molecule has 1 aromatic carbocycles. The molecule has 3 heterocycles. The first-order chi connectivity index (χ1) is 13.9. The van der Waals surface area contributed by atoms with Crippen LogP contribution < -0.4 is 5.32 Å². The maximum atomic E-state index is 13.1. The average molecular weight is 474 g/mol. The van der Waals surface area contributed by atoms with Crippen molar-refractivity contribution in [3.8, 4) is 11.3 Å². The molecule has 2 fully saturated rings. The van der Waals surface area contributed by atoms with Crippen LogP contribution in [-0.2, 0) is 16.1 Å². The molecule has 1 amide bonds. The van der Waals surface area contributed by atoms with E-state index < -0.39 is 10.1 Å². The van der Waals surface area contributed by atoms with E-state index in [1.165, 1.54) is 11.8 Å². The summed E-state index contributed by atoms with van der Waals surface area (Å²) in [5.41, 5.74) is 0.694. The standard InChI is InChI=1S/C20H19Cl3N2O3S/c21-10-15(26)18-19(27)25(20(29-18)6-8-24-9-7-20)11-12-4-5-16(28-12)13-2-1-3-14(22)17(13)23/h1-5,18,24H,6-11H2. The third-order valence-corrected chi connectivity index (χ3v) is 8.17. The Labute approximate surface area is 188 Å². The number of nitrogens with zero attached hydrogens (tertiary/aromatic N) is 1. The fourth-order valence-corrected chi connectivity index (χ4v) is 6.08. The van der Waals surface area contributed by atoms with Crippen LogP contribution in [0.2, 0.25) is 10.0 Å². The highest BCUT2D eigenvalue weighted by atomic mass is 35.5. The molecule has 2 aliphatic heterocycles. The lowest BCUT2D eigenvalue weighted by molar-refractivity contribution is -0.136. The van der Waals surface area contributed by atoms with Gasteiger partial charge < -0.3 is 14.6 Å². The van der Waals surface area contributed by atoms with E-state index >= 15 is 0 Å². The fourth-order valence-electron chi connectivity index (χ4n) is 3.83. The first-order valence-corrected chi connectivity index (χ1v) is 11.4. The van der Waals surface area contributed by atoms with Gasteiger partial charge in [0.05, 0.1) is 27.3 Å². The maximum Gasteiger partial charge on any atom is 0.244 e. The molecular weight excluding hydrogens is 455 g/mol. The molecule has 1 spiro atoms. The van der Waals surface area contributed by atoms with E-state index in [4.69, 9.17) is 39.2 Å². The highest BCUT2D eigenvalue weighted by molar-refractivity contribution is 8.03. The SMILES string of the molecule is O=C(CCl)C1SC2(CCNCC2)N(Cc2ccc(-c3cccc(Cl)c3Cl)o2)C1=O. The predicted molar refractivity (Wildman–Crippen MR) is 117 cm³/mol. The van der Waals surface area contributed by atoms with Crippen LogP contribution in [0.25, 0.3) is 11.3 Å². The van der Waals surface area contributed by atoms with Crippen molar-refractivity contribution in [1.82, 2.24) is 10.2 Å². The predicted octanol–water partition coefficient (Wildman–Crippen LogP) is 4.59. The minimum absolute atomic E-state index is 0.163. The number of alkyl halides is 1. The Balaban J connectivity index is 1.62. The molecule has 0 radical (unpaired) electrons. The maximum absolute atomic E-state index is 13.1. The summed E-state index contributed by atoms with van der Waals surface area (Å²) < 4.78 is 6.00. The number of rotatable bonds is 5. The number of ketones is 1. The largest absolute Gasteiger partial charge is 0.459 e. The van der Waals surface area contributed by atoms with Crippen LogP contribution in [0.5, 0.6) is 0 Å². The summed E-state index contributed by atoms with van der Waals surface area (Å²) in [5.74, 6) is 0.611. The van der Waals surface area contributed by atoms with E-state index in [0.717, 1.165) is 25.9 Å². The average Bonchev–Trinajstić information content (AvgIpc) is 3.29. The number of carbonyl (C=O) groups excluding carboxylic acids is 2. The van der Waals surface area contributed by atoms with Crippen LogP contribution in [0.3, 0.4) is 0 Å². The molecule has 154 valence electrons. The molecule has 0 aliphatic carbocycles. The number of Topliss-reactive ketones (excluding diaryl/α,β-unsaturated/α-hetero) is 1. The molecule has 0 bridgehead atoms. The van der Waals surface area contributed by atoms with Gasteiger partial charge in [-0.1, -0.05) is 29.3 Å². The van der Waals surface area contributed by atoms with Crippen LogP contribution in [0.15, 0.2) is 34.7 Å². The molecule has 5 nitrogen and oxygen atoms in total. The number of carbonyl (C=O) groups is 2. The zero-order chi connectivity index (χ0) is 20.6. The second-order valence-corrected chi connectivity index (χ2v) is 9.61. The second-order valence-electron chi connectivity index (χ2n) is 7.09. The zero-order valence-corrected chi connectivity index (χ0v) is 18.5. The van der Waals surface area contributed by atoms with Gasteiger partial charge in [0.25, 0.3) is 0 Å². The number of furan rings is 1. The summed E-state index contributed by atoms with van der Waals surface area (Å²) in [6.07, 6.45) is 1.53. The van der Waals surface area contributed by atoms with Gasteiger partial charge in [0.1, 0.15) is 16.8 Å². The Bertz CT molecular complexity index is 943. The van der Waals surface area contributed by atoms with Gasteiger partial charge in [-0.25, -0.2) is 0 Å². The molecule has 1 N–H and O–H groups in total. The quantitative estimate of drug-likeness (QED) is 0.508. The van der Waals surface area contributed by atoms with Crippen LogP contribution in [0, 0.1) is 0 Å². The van der Waals surface area contributed by atoms with Gasteiger partial charge in [0.15, 0.2) is 5.78 Å². The van der Waals surface area contributed by atoms with Crippen LogP contribution in [-0.4, -0.2) is 45.7 Å². The third-order valence-electron chi connectivity index (χ3n) is 5.32. The van der Waals surface area contributed by atoms with Gasteiger partial charge in [0.2, 0.25) is 5.91 Å². The summed E-state index contributed by atoms with van der Waals surface area (Å²) in [7, 11) is 0. The minimum Gasteiger partial charge on any atom is -0.459 e. The first kappa shape index (κ1) is 21.1. The van der Waals surface area contributed by atoms with Gasteiger partial charge in [-0.15, -0.1) is 23.4 Å². The van der Waals surface area contributed by atoms with Crippen molar-refractivity contribution in [3.63, 3.8) is 0 Å². The molecule has 9 heteroatoms. The van der Waals surface area contributed by atoms with Crippen molar-refractivity contribution in [1.29, 1.82) is 0 Å². The lowest BCUT2D eigenvalue weighted by Gasteiger charge is -2.40. The molecule has 1 atom stereocenters. The van der Waals surface area contributed by atoms with Crippen molar-refractivity contribution in [2.24, 2.45) is 0 Å². The van der Waals surface area contributed by atoms with Gasteiger partial charge in [-0.2, -0.15) is 0 Å². The number of piperidine rings is 1. The molecule has 2 aliphatic rings. The van der Waals surface area contributed by atoms with Gasteiger partial charge in [-0.05, 0) is 50.2 Å². The highest BCUT2D eigenvalue weighted by Crippen LogP contribution is 2.48. The molecule has 2 aromatic rings. The summed E-state index contributed by atoms with van der Waals surface area (Å²) in [5, 5.41) is 3.44. The lowest BCUT2D eigenvalue weighted by atomic mass is 10.0. The highest BCUT2D eigenvalue weighted by Gasteiger charge is 2.54. The molecule has 29 heavy (non-hydrogen) atoms. The molecule has 2 saturated heterocycles. The van der Waals surface area contributed by atoms with Crippen LogP contribution in [0.4, 0.5) is 0 Å². The molecular formula is C20H19Cl3N2O3S. The number of hydrogen-bond acceptors (Lipinski definition) is 5. The number of nitrogens with one attached hydrogen (secondary N) is 1. The van der Waals surface area contributed by atoms with Crippen molar-refractivity contribution in [2.75, 3.05) is 19.0 Å². The Hall–Kier alpha value is -1.18. The summed E-state index contributed by atoms with van der Waals surface area (Å²) in [4.78, 5) is 26.7. The van der Waals surface area contributed by atoms with Gasteiger partial charge in [-0.3, -0.25) is 9.59 Å². The van der Waals surface area contributed by atoms with E-state index in [-0.39, 0.29) is 24.1 Å². The van der Waals surface area contributed by atoms with Crippen molar-refractivity contribution in [3.05, 3.63) is 46.1 Å². The van der Waals surface area contributed by atoms with Gasteiger partial charge >= 0.3 is 0 Å². The molecule has 1 aromatic heterocycles. The molecule has 0 saturated carbocycles. The monoisotopic (exact) mass is 472 g/mol. The Morgan fingerprint density at radius 3 is 2.72 bits per heavy atom. The number of benzene rings is 1. The van der Waals surface area contributed by atoms with Crippen molar-refractivity contribution < 1.29 is 14.0 Å². The number of thioether (sulfide) groups is 1. The number of hydrogen-bond donors (Lipinski definition) is 1. The minimum atomic E-state index is -0.748. The summed E-state index contributed by atoms with van der Waals surface area (Å²) in [6.45, 7) is 1.87. The van der Waals surface area contributed by atoms with Crippen molar-refractivity contribution >= 4 is 58.3 Å². The number of amides is 1. The Morgan fingerprint density at radius 1 is 1.24 bits per heavy atom. The van der Waals surface area contributed by atoms with E-state index in [2.05, 4.69) is 5.32 Å². The molecule has 1 unspecified atom stereocenters. The van der Waals surface area contributed by atoms with Gasteiger partial charge in [0, 0.05) is 5.56 Å². The summed E-state index contributed by atoms with van der Waals surface area (Å²) in [6, 6.07) is 9.00. The third kappa shape index (κ3) is 3.93.